The molecule has 112 valence electrons. The zero-order chi connectivity index (χ0) is 15.4. The van der Waals surface area contributed by atoms with Gasteiger partial charge in [-0.3, -0.25) is 0 Å². The van der Waals surface area contributed by atoms with E-state index in [2.05, 4.69) is 44.3 Å². The highest BCUT2D eigenvalue weighted by molar-refractivity contribution is 6.34. The molecule has 2 aromatic carbocycles. The topological polar surface area (TPSA) is 12.0 Å². The fourth-order valence-electron chi connectivity index (χ4n) is 2.71. The van der Waals surface area contributed by atoms with Crippen LogP contribution in [0.4, 0.5) is 0 Å². The molecule has 3 heteroatoms. The zero-order valence-electron chi connectivity index (χ0n) is 12.7. The van der Waals surface area contributed by atoms with Gasteiger partial charge in [-0.1, -0.05) is 48.3 Å². The molecule has 2 rings (SSSR count). The summed E-state index contributed by atoms with van der Waals surface area (Å²) in [5.41, 5.74) is 5.17. The Hall–Kier alpha value is -1.02. The van der Waals surface area contributed by atoms with Gasteiger partial charge in [-0.15, -0.1) is 0 Å². The molecule has 21 heavy (non-hydrogen) atoms. The van der Waals surface area contributed by atoms with Crippen LogP contribution in [0.1, 0.15) is 35.2 Å². The van der Waals surface area contributed by atoms with E-state index in [1.807, 2.05) is 12.1 Å². The predicted octanol–water partition coefficient (Wildman–Crippen LogP) is 5.50. The second-order valence-corrected chi connectivity index (χ2v) is 6.26. The first-order valence-corrected chi connectivity index (χ1v) is 8.01. The molecule has 0 heterocycles. The van der Waals surface area contributed by atoms with Crippen LogP contribution in [0.15, 0.2) is 36.4 Å². The van der Waals surface area contributed by atoms with Gasteiger partial charge in [0.05, 0.1) is 0 Å². The number of aryl methyl sites for hydroxylation is 2. The Labute approximate surface area is 137 Å². The van der Waals surface area contributed by atoms with Crippen molar-refractivity contribution in [1.29, 1.82) is 0 Å². The van der Waals surface area contributed by atoms with Crippen molar-refractivity contribution in [3.63, 3.8) is 0 Å². The van der Waals surface area contributed by atoms with Gasteiger partial charge in [0.25, 0.3) is 0 Å². The number of benzene rings is 2. The summed E-state index contributed by atoms with van der Waals surface area (Å²) in [6, 6.07) is 12.4. The lowest BCUT2D eigenvalue weighted by Gasteiger charge is -2.21. The molecule has 1 atom stereocenters. The molecule has 1 N–H and O–H groups in total. The molecule has 0 amide bonds. The molecule has 0 spiro atoms. The van der Waals surface area contributed by atoms with E-state index in [4.69, 9.17) is 23.2 Å². The summed E-state index contributed by atoms with van der Waals surface area (Å²) in [6.45, 7) is 7.34. The molecule has 0 bridgehead atoms. The van der Waals surface area contributed by atoms with Crippen molar-refractivity contribution in [1.82, 2.24) is 5.32 Å². The number of rotatable bonds is 5. The first-order chi connectivity index (χ1) is 10.0. The van der Waals surface area contributed by atoms with Gasteiger partial charge in [-0.25, -0.2) is 0 Å². The monoisotopic (exact) mass is 321 g/mol. The maximum absolute atomic E-state index is 6.15. The normalized spacial score (nSPS) is 12.4. The third-order valence-corrected chi connectivity index (χ3v) is 4.23. The van der Waals surface area contributed by atoms with Gasteiger partial charge < -0.3 is 5.32 Å². The summed E-state index contributed by atoms with van der Waals surface area (Å²) in [7, 11) is 0. The molecule has 1 nitrogen and oxygen atoms in total. The number of nitrogens with one attached hydrogen (secondary N) is 1. The second kappa shape index (κ2) is 7.31. The van der Waals surface area contributed by atoms with E-state index in [-0.39, 0.29) is 6.04 Å². The van der Waals surface area contributed by atoms with E-state index >= 15 is 0 Å². The van der Waals surface area contributed by atoms with Crippen molar-refractivity contribution in [2.75, 3.05) is 6.54 Å². The number of hydrogen-bond acceptors (Lipinski definition) is 1. The summed E-state index contributed by atoms with van der Waals surface area (Å²) in [5.74, 6) is 0. The molecule has 0 aromatic heterocycles. The SMILES string of the molecule is CCNC(Cc1c(C)cccc1C)c1cc(Cl)cc(Cl)c1. The first kappa shape index (κ1) is 16.4. The maximum Gasteiger partial charge on any atom is 0.0424 e. The molecule has 0 radical (unpaired) electrons. The van der Waals surface area contributed by atoms with Crippen LogP contribution in [0.2, 0.25) is 10.0 Å². The lowest BCUT2D eigenvalue weighted by atomic mass is 9.93. The van der Waals surface area contributed by atoms with E-state index in [1.165, 1.54) is 16.7 Å². The van der Waals surface area contributed by atoms with Crippen LogP contribution in [0, 0.1) is 13.8 Å². The molecule has 0 saturated carbocycles. The van der Waals surface area contributed by atoms with Gasteiger partial charge in [-0.05, 0) is 67.3 Å². The van der Waals surface area contributed by atoms with Crippen LogP contribution in [0.3, 0.4) is 0 Å². The van der Waals surface area contributed by atoms with Gasteiger partial charge in [0.2, 0.25) is 0 Å². The van der Waals surface area contributed by atoms with Gasteiger partial charge in [0.1, 0.15) is 0 Å². The summed E-state index contributed by atoms with van der Waals surface area (Å²) >= 11 is 12.3. The van der Waals surface area contributed by atoms with E-state index in [1.54, 1.807) is 6.07 Å². The molecule has 0 aliphatic rings. The van der Waals surface area contributed by atoms with Gasteiger partial charge in [0, 0.05) is 16.1 Å². The standard InChI is InChI=1S/C18H21Cl2N/c1-4-21-18(14-8-15(19)10-16(20)9-14)11-17-12(2)6-5-7-13(17)3/h5-10,18,21H,4,11H2,1-3H3. The Kier molecular flexibility index (Phi) is 5.69. The fraction of sp³-hybridized carbons (Fsp3) is 0.333. The molecule has 1 unspecified atom stereocenters. The minimum atomic E-state index is 0.214. The van der Waals surface area contributed by atoms with Crippen LogP contribution < -0.4 is 5.32 Å². The Bertz CT molecular complexity index is 582. The lowest BCUT2D eigenvalue weighted by molar-refractivity contribution is 0.547. The number of hydrogen-bond donors (Lipinski definition) is 1. The smallest absolute Gasteiger partial charge is 0.0424 e. The largest absolute Gasteiger partial charge is 0.310 e. The molecule has 2 aromatic rings. The minimum absolute atomic E-state index is 0.214. The van der Waals surface area contributed by atoms with Crippen LogP contribution >= 0.6 is 23.2 Å². The Morgan fingerprint density at radius 2 is 1.57 bits per heavy atom. The predicted molar refractivity (Wildman–Crippen MR) is 92.5 cm³/mol. The Morgan fingerprint density at radius 3 is 2.10 bits per heavy atom. The van der Waals surface area contributed by atoms with E-state index < -0.39 is 0 Å². The third-order valence-electron chi connectivity index (χ3n) is 3.79. The van der Waals surface area contributed by atoms with Crippen molar-refractivity contribution in [2.45, 2.75) is 33.2 Å². The average molecular weight is 322 g/mol. The molecule has 0 aliphatic carbocycles. The average Bonchev–Trinajstić information content (AvgIpc) is 2.40. The zero-order valence-corrected chi connectivity index (χ0v) is 14.2. The van der Waals surface area contributed by atoms with Gasteiger partial charge >= 0.3 is 0 Å². The van der Waals surface area contributed by atoms with Crippen LogP contribution in [-0.4, -0.2) is 6.54 Å². The van der Waals surface area contributed by atoms with Crippen LogP contribution in [-0.2, 0) is 6.42 Å². The number of likely N-dealkylation sites (N-methyl/N-ethyl adjacent to an activating group) is 1. The maximum atomic E-state index is 6.15. The van der Waals surface area contributed by atoms with Crippen molar-refractivity contribution in [3.05, 3.63) is 68.7 Å². The summed E-state index contributed by atoms with van der Waals surface area (Å²) in [6.07, 6.45) is 0.934. The highest BCUT2D eigenvalue weighted by Gasteiger charge is 2.15. The van der Waals surface area contributed by atoms with Gasteiger partial charge in [-0.2, -0.15) is 0 Å². The molecule has 0 fully saturated rings. The van der Waals surface area contributed by atoms with Crippen molar-refractivity contribution < 1.29 is 0 Å². The van der Waals surface area contributed by atoms with Crippen LogP contribution in [0.5, 0.6) is 0 Å². The fourth-order valence-corrected chi connectivity index (χ4v) is 3.25. The highest BCUT2D eigenvalue weighted by Crippen LogP contribution is 2.27. The number of halogens is 2. The summed E-state index contributed by atoms with van der Waals surface area (Å²) < 4.78 is 0. The highest BCUT2D eigenvalue weighted by atomic mass is 35.5. The van der Waals surface area contributed by atoms with Crippen molar-refractivity contribution in [2.24, 2.45) is 0 Å². The van der Waals surface area contributed by atoms with Gasteiger partial charge in [0.15, 0.2) is 0 Å². The molecular formula is C18H21Cl2N. The Balaban J connectivity index is 2.35. The minimum Gasteiger partial charge on any atom is -0.310 e. The summed E-state index contributed by atoms with van der Waals surface area (Å²) in [5, 5.41) is 4.90. The van der Waals surface area contributed by atoms with E-state index in [0.717, 1.165) is 18.5 Å². The van der Waals surface area contributed by atoms with Crippen molar-refractivity contribution >= 4 is 23.2 Å². The summed E-state index contributed by atoms with van der Waals surface area (Å²) in [4.78, 5) is 0. The second-order valence-electron chi connectivity index (χ2n) is 5.39. The van der Waals surface area contributed by atoms with Crippen molar-refractivity contribution in [3.8, 4) is 0 Å². The van der Waals surface area contributed by atoms with Crippen LogP contribution in [0.25, 0.3) is 0 Å². The molecule has 0 saturated heterocycles. The van der Waals surface area contributed by atoms with E-state index in [0.29, 0.717) is 10.0 Å². The van der Waals surface area contributed by atoms with E-state index in [9.17, 15) is 0 Å². The first-order valence-electron chi connectivity index (χ1n) is 7.25. The molecule has 0 aliphatic heterocycles. The Morgan fingerprint density at radius 1 is 1.00 bits per heavy atom. The molecular weight excluding hydrogens is 301 g/mol. The quantitative estimate of drug-likeness (QED) is 0.766. The lowest BCUT2D eigenvalue weighted by Crippen LogP contribution is -2.23. The third kappa shape index (κ3) is 4.23.